The van der Waals surface area contributed by atoms with E-state index in [4.69, 9.17) is 4.74 Å². The van der Waals surface area contributed by atoms with Crippen molar-refractivity contribution in [3.8, 4) is 5.75 Å². The van der Waals surface area contributed by atoms with Crippen molar-refractivity contribution in [2.24, 2.45) is 0 Å². The number of benzene rings is 3. The summed E-state index contributed by atoms with van der Waals surface area (Å²) in [6, 6.07) is 23.8. The Labute approximate surface area is 177 Å². The highest BCUT2D eigenvalue weighted by Gasteiger charge is 2.12. The molecule has 1 atom stereocenters. The van der Waals surface area contributed by atoms with Crippen molar-refractivity contribution in [1.82, 2.24) is 5.32 Å². The molecule has 3 aromatic rings. The molecule has 150 valence electrons. The van der Waals surface area contributed by atoms with Gasteiger partial charge in [-0.1, -0.05) is 36.4 Å². The zero-order valence-electron chi connectivity index (χ0n) is 17.1. The van der Waals surface area contributed by atoms with Crippen LogP contribution in [0.2, 0.25) is 0 Å². The Bertz CT molecular complexity index is 939. The monoisotopic (exact) mass is 405 g/mol. The molecule has 1 amide bonds. The third-order valence-corrected chi connectivity index (χ3v) is 5.84. The predicted molar refractivity (Wildman–Crippen MR) is 121 cm³/mol. The summed E-state index contributed by atoms with van der Waals surface area (Å²) in [6.07, 6.45) is 0. The van der Waals surface area contributed by atoms with Gasteiger partial charge in [0.1, 0.15) is 5.75 Å². The molecule has 0 spiro atoms. The summed E-state index contributed by atoms with van der Waals surface area (Å²) in [6.45, 7) is 6.80. The summed E-state index contributed by atoms with van der Waals surface area (Å²) >= 11 is 1.77. The van der Waals surface area contributed by atoms with Gasteiger partial charge in [0.25, 0.3) is 5.91 Å². The van der Waals surface area contributed by atoms with Crippen LogP contribution in [-0.2, 0) is 0 Å². The number of ether oxygens (including phenoxy) is 1. The summed E-state index contributed by atoms with van der Waals surface area (Å²) in [7, 11) is 0. The topological polar surface area (TPSA) is 38.3 Å². The van der Waals surface area contributed by atoms with Gasteiger partial charge in [0.05, 0.1) is 12.6 Å². The number of carbonyl (C=O) groups is 1. The summed E-state index contributed by atoms with van der Waals surface area (Å²) in [4.78, 5) is 13.8. The number of hydrogen-bond acceptors (Lipinski definition) is 3. The van der Waals surface area contributed by atoms with Gasteiger partial charge in [-0.25, -0.2) is 0 Å². The molecular weight excluding hydrogens is 378 g/mol. The highest BCUT2D eigenvalue weighted by atomic mass is 32.2. The zero-order valence-corrected chi connectivity index (χ0v) is 18.0. The maximum absolute atomic E-state index is 12.6. The minimum atomic E-state index is -0.0816. The molecule has 0 aliphatic rings. The Morgan fingerprint density at radius 1 is 0.966 bits per heavy atom. The van der Waals surface area contributed by atoms with E-state index in [0.29, 0.717) is 12.2 Å². The Hall–Kier alpha value is -2.72. The molecule has 3 aromatic carbocycles. The van der Waals surface area contributed by atoms with Gasteiger partial charge < -0.3 is 10.1 Å². The van der Waals surface area contributed by atoms with Crippen molar-refractivity contribution in [1.29, 1.82) is 0 Å². The number of thioether (sulfide) groups is 1. The van der Waals surface area contributed by atoms with Gasteiger partial charge in [0.15, 0.2) is 0 Å². The lowest BCUT2D eigenvalue weighted by Gasteiger charge is -2.16. The SMILES string of the molecule is Cc1ccc([C@H](C)NC(=O)c2ccc(OCCSc3ccccc3)cc2)cc1C. The van der Waals surface area contributed by atoms with Gasteiger partial charge in [0, 0.05) is 16.2 Å². The molecular formula is C25H27NO2S. The summed E-state index contributed by atoms with van der Waals surface area (Å²) in [5, 5.41) is 3.07. The van der Waals surface area contributed by atoms with Crippen molar-refractivity contribution < 1.29 is 9.53 Å². The van der Waals surface area contributed by atoms with E-state index in [1.165, 1.54) is 16.0 Å². The van der Waals surface area contributed by atoms with E-state index in [9.17, 15) is 4.79 Å². The number of hydrogen-bond donors (Lipinski definition) is 1. The molecule has 3 rings (SSSR count). The first-order valence-electron chi connectivity index (χ1n) is 9.81. The first-order valence-corrected chi connectivity index (χ1v) is 10.8. The van der Waals surface area contributed by atoms with E-state index in [2.05, 4.69) is 49.5 Å². The van der Waals surface area contributed by atoms with Crippen LogP contribution < -0.4 is 10.1 Å². The molecule has 0 bridgehead atoms. The van der Waals surface area contributed by atoms with Crippen LogP contribution in [0, 0.1) is 13.8 Å². The molecule has 4 heteroatoms. The minimum absolute atomic E-state index is 0.0484. The van der Waals surface area contributed by atoms with Gasteiger partial charge in [-0.3, -0.25) is 4.79 Å². The lowest BCUT2D eigenvalue weighted by molar-refractivity contribution is 0.0940. The van der Waals surface area contributed by atoms with E-state index >= 15 is 0 Å². The normalized spacial score (nSPS) is 11.7. The Kier molecular flexibility index (Phi) is 7.36. The van der Waals surface area contributed by atoms with Gasteiger partial charge in [-0.15, -0.1) is 11.8 Å². The highest BCUT2D eigenvalue weighted by Crippen LogP contribution is 2.19. The lowest BCUT2D eigenvalue weighted by atomic mass is 10.0. The van der Waals surface area contributed by atoms with Crippen LogP contribution in [0.5, 0.6) is 5.75 Å². The van der Waals surface area contributed by atoms with Gasteiger partial charge >= 0.3 is 0 Å². The maximum atomic E-state index is 12.6. The molecule has 0 saturated heterocycles. The molecule has 0 aliphatic heterocycles. The molecule has 0 fully saturated rings. The Morgan fingerprint density at radius 2 is 1.69 bits per heavy atom. The van der Waals surface area contributed by atoms with Gasteiger partial charge in [-0.05, 0) is 73.9 Å². The second-order valence-corrected chi connectivity index (χ2v) is 8.24. The molecule has 29 heavy (non-hydrogen) atoms. The van der Waals surface area contributed by atoms with Crippen LogP contribution >= 0.6 is 11.8 Å². The highest BCUT2D eigenvalue weighted by molar-refractivity contribution is 7.99. The van der Waals surface area contributed by atoms with Crippen molar-refractivity contribution >= 4 is 17.7 Å². The summed E-state index contributed by atoms with van der Waals surface area (Å²) in [5.74, 6) is 1.57. The Balaban J connectivity index is 1.48. The number of rotatable bonds is 8. The third kappa shape index (κ3) is 6.13. The standard InChI is InChI=1S/C25H27NO2S/c1-18-9-10-22(17-19(18)2)20(3)26-25(27)21-11-13-23(14-12-21)28-15-16-29-24-7-5-4-6-8-24/h4-14,17,20H,15-16H2,1-3H3,(H,26,27)/t20-/m0/s1. The van der Waals surface area contributed by atoms with E-state index in [0.717, 1.165) is 17.1 Å². The zero-order chi connectivity index (χ0) is 20.6. The van der Waals surface area contributed by atoms with Crippen LogP contribution in [0.15, 0.2) is 77.7 Å². The number of aryl methyl sites for hydroxylation is 2. The van der Waals surface area contributed by atoms with Crippen LogP contribution in [0.1, 0.15) is 40.0 Å². The maximum Gasteiger partial charge on any atom is 0.251 e. The molecule has 0 radical (unpaired) electrons. The fourth-order valence-electron chi connectivity index (χ4n) is 2.94. The number of nitrogens with one attached hydrogen (secondary N) is 1. The van der Waals surface area contributed by atoms with Crippen LogP contribution in [-0.4, -0.2) is 18.3 Å². The molecule has 3 nitrogen and oxygen atoms in total. The molecule has 0 aromatic heterocycles. The van der Waals surface area contributed by atoms with Gasteiger partial charge in [-0.2, -0.15) is 0 Å². The number of amides is 1. The van der Waals surface area contributed by atoms with Crippen LogP contribution in [0.25, 0.3) is 0 Å². The average molecular weight is 406 g/mol. The van der Waals surface area contributed by atoms with Crippen LogP contribution in [0.4, 0.5) is 0 Å². The minimum Gasteiger partial charge on any atom is -0.493 e. The molecule has 0 aliphatic carbocycles. The lowest BCUT2D eigenvalue weighted by Crippen LogP contribution is -2.26. The Morgan fingerprint density at radius 3 is 2.38 bits per heavy atom. The second kappa shape index (κ2) is 10.2. The molecule has 0 heterocycles. The molecule has 0 unspecified atom stereocenters. The second-order valence-electron chi connectivity index (χ2n) is 7.07. The van der Waals surface area contributed by atoms with Crippen molar-refractivity contribution in [3.05, 3.63) is 95.1 Å². The van der Waals surface area contributed by atoms with E-state index in [1.54, 1.807) is 11.8 Å². The van der Waals surface area contributed by atoms with E-state index in [1.807, 2.05) is 49.4 Å². The van der Waals surface area contributed by atoms with Crippen molar-refractivity contribution in [3.63, 3.8) is 0 Å². The van der Waals surface area contributed by atoms with E-state index < -0.39 is 0 Å². The predicted octanol–water partition coefficient (Wildman–Crippen LogP) is 5.97. The quantitative estimate of drug-likeness (QED) is 0.371. The summed E-state index contributed by atoms with van der Waals surface area (Å²) in [5.41, 5.74) is 4.23. The first kappa shape index (κ1) is 21.0. The van der Waals surface area contributed by atoms with Crippen molar-refractivity contribution in [2.75, 3.05) is 12.4 Å². The van der Waals surface area contributed by atoms with Gasteiger partial charge in [0.2, 0.25) is 0 Å². The van der Waals surface area contributed by atoms with E-state index in [-0.39, 0.29) is 11.9 Å². The fraction of sp³-hybridized carbons (Fsp3) is 0.240. The smallest absolute Gasteiger partial charge is 0.251 e. The van der Waals surface area contributed by atoms with Crippen molar-refractivity contribution in [2.45, 2.75) is 31.7 Å². The summed E-state index contributed by atoms with van der Waals surface area (Å²) < 4.78 is 5.78. The fourth-order valence-corrected chi connectivity index (χ4v) is 3.69. The third-order valence-electron chi connectivity index (χ3n) is 4.86. The average Bonchev–Trinajstić information content (AvgIpc) is 2.74. The largest absolute Gasteiger partial charge is 0.493 e. The first-order chi connectivity index (χ1) is 14.0. The molecule has 0 saturated carbocycles. The van der Waals surface area contributed by atoms with Crippen LogP contribution in [0.3, 0.4) is 0 Å². The molecule has 1 N–H and O–H groups in total. The number of carbonyl (C=O) groups excluding carboxylic acids is 1.